The number of nitrogens with one attached hydrogen (secondary N) is 2. The van der Waals surface area contributed by atoms with Crippen LogP contribution in [0.25, 0.3) is 0 Å². The largest absolute Gasteiger partial charge is 0.382 e. The summed E-state index contributed by atoms with van der Waals surface area (Å²) in [5.41, 5.74) is 7.52. The van der Waals surface area contributed by atoms with Crippen LogP contribution < -0.4 is 10.5 Å². The molecule has 2 aromatic heterocycles. The number of sulfonamides is 1. The Morgan fingerprint density at radius 2 is 2.19 bits per heavy atom. The number of pyridine rings is 1. The molecule has 0 bridgehead atoms. The van der Waals surface area contributed by atoms with Crippen LogP contribution in [-0.4, -0.2) is 30.1 Å². The number of aromatic nitrogens is 3. The van der Waals surface area contributed by atoms with Gasteiger partial charge in [0.1, 0.15) is 10.7 Å². The van der Waals surface area contributed by atoms with Crippen molar-refractivity contribution in [2.75, 3.05) is 12.3 Å². The summed E-state index contributed by atoms with van der Waals surface area (Å²) in [6.45, 7) is 2.24. The lowest BCUT2D eigenvalue weighted by Gasteiger charge is -2.07. The number of H-pyrrole nitrogens is 1. The number of hydrogen-bond acceptors (Lipinski definition) is 5. The Morgan fingerprint density at radius 3 is 2.81 bits per heavy atom. The predicted octanol–water partition coefficient (Wildman–Crippen LogP) is 1.26. The lowest BCUT2D eigenvalue weighted by Crippen LogP contribution is -2.25. The summed E-state index contributed by atoms with van der Waals surface area (Å²) < 4.78 is 26.6. The first kappa shape index (κ1) is 15.7. The van der Waals surface area contributed by atoms with E-state index >= 15 is 0 Å². The molecule has 0 fully saturated rings. The molecule has 0 saturated heterocycles. The summed E-state index contributed by atoms with van der Waals surface area (Å²) in [4.78, 5) is 3.74. The van der Waals surface area contributed by atoms with Gasteiger partial charge < -0.3 is 5.73 Å². The zero-order valence-corrected chi connectivity index (χ0v) is 13.0. The van der Waals surface area contributed by atoms with E-state index in [1.54, 1.807) is 6.20 Å². The second-order valence-electron chi connectivity index (χ2n) is 4.56. The summed E-state index contributed by atoms with van der Waals surface area (Å²) in [7, 11) is -3.63. The molecule has 0 aromatic carbocycles. The van der Waals surface area contributed by atoms with Gasteiger partial charge in [-0.3, -0.25) is 5.10 Å². The van der Waals surface area contributed by atoms with Gasteiger partial charge in [-0.15, -0.1) is 0 Å². The van der Waals surface area contributed by atoms with E-state index in [9.17, 15) is 8.42 Å². The molecule has 21 heavy (non-hydrogen) atoms. The zero-order chi connectivity index (χ0) is 15.5. The van der Waals surface area contributed by atoms with Crippen LogP contribution in [0.2, 0.25) is 5.02 Å². The fourth-order valence-corrected chi connectivity index (χ4v) is 3.05. The average molecular weight is 330 g/mol. The zero-order valence-electron chi connectivity index (χ0n) is 11.4. The van der Waals surface area contributed by atoms with Crippen molar-refractivity contribution in [3.63, 3.8) is 0 Å². The highest BCUT2D eigenvalue weighted by atomic mass is 35.5. The van der Waals surface area contributed by atoms with Gasteiger partial charge in [0, 0.05) is 18.4 Å². The number of anilines is 1. The van der Waals surface area contributed by atoms with E-state index in [0.29, 0.717) is 13.0 Å². The highest BCUT2D eigenvalue weighted by molar-refractivity contribution is 7.89. The Labute approximate surface area is 128 Å². The molecule has 0 radical (unpaired) electrons. The van der Waals surface area contributed by atoms with Gasteiger partial charge in [-0.25, -0.2) is 18.1 Å². The number of aryl methyl sites for hydroxylation is 2. The fraction of sp³-hybridized carbons (Fsp3) is 0.333. The van der Waals surface area contributed by atoms with E-state index in [4.69, 9.17) is 17.3 Å². The van der Waals surface area contributed by atoms with Crippen molar-refractivity contribution in [1.82, 2.24) is 19.9 Å². The van der Waals surface area contributed by atoms with Gasteiger partial charge in [-0.05, 0) is 31.4 Å². The molecule has 2 aromatic rings. The number of nitrogen functional groups attached to an aromatic ring is 1. The maximum atomic E-state index is 12.1. The molecule has 0 aliphatic heterocycles. The van der Waals surface area contributed by atoms with Gasteiger partial charge in [0.25, 0.3) is 0 Å². The molecule has 2 rings (SSSR count). The van der Waals surface area contributed by atoms with E-state index < -0.39 is 10.0 Å². The van der Waals surface area contributed by atoms with Crippen LogP contribution in [0.15, 0.2) is 23.4 Å². The number of nitrogens with two attached hydrogens (primary N) is 1. The van der Waals surface area contributed by atoms with Crippen LogP contribution in [0.4, 0.5) is 5.82 Å². The minimum Gasteiger partial charge on any atom is -0.382 e. The minimum atomic E-state index is -3.63. The van der Waals surface area contributed by atoms with E-state index in [1.807, 2.05) is 6.92 Å². The van der Waals surface area contributed by atoms with Gasteiger partial charge >= 0.3 is 0 Å². The van der Waals surface area contributed by atoms with Gasteiger partial charge in [-0.1, -0.05) is 11.6 Å². The molecular formula is C12H16ClN5O2S. The van der Waals surface area contributed by atoms with Gasteiger partial charge in [0.15, 0.2) is 0 Å². The highest BCUT2D eigenvalue weighted by Crippen LogP contribution is 2.19. The predicted molar refractivity (Wildman–Crippen MR) is 80.5 cm³/mol. The monoisotopic (exact) mass is 329 g/mol. The van der Waals surface area contributed by atoms with Crippen molar-refractivity contribution in [1.29, 1.82) is 0 Å². The Balaban J connectivity index is 1.92. The normalized spacial score (nSPS) is 11.7. The maximum absolute atomic E-state index is 12.1. The second-order valence-corrected chi connectivity index (χ2v) is 6.73. The third-order valence-corrected chi connectivity index (χ3v) is 4.73. The van der Waals surface area contributed by atoms with Crippen molar-refractivity contribution < 1.29 is 8.42 Å². The molecule has 0 unspecified atom stereocenters. The van der Waals surface area contributed by atoms with E-state index in [0.717, 1.165) is 17.7 Å². The van der Waals surface area contributed by atoms with Crippen molar-refractivity contribution >= 4 is 27.4 Å². The summed E-state index contributed by atoms with van der Waals surface area (Å²) in [6, 6.07) is 1.28. The highest BCUT2D eigenvalue weighted by Gasteiger charge is 2.15. The van der Waals surface area contributed by atoms with E-state index in [2.05, 4.69) is 19.9 Å². The maximum Gasteiger partial charge on any atom is 0.242 e. The second kappa shape index (κ2) is 6.42. The fourth-order valence-electron chi connectivity index (χ4n) is 1.77. The Morgan fingerprint density at radius 1 is 1.43 bits per heavy atom. The van der Waals surface area contributed by atoms with Gasteiger partial charge in [0.2, 0.25) is 10.0 Å². The standard InChI is InChI=1S/C12H16ClN5O2S/c1-8-9(6-16-18-8)3-2-4-17-21(19,20)10-5-11(13)12(14)15-7-10/h5-7,17H,2-4H2,1H3,(H2,14,15)(H,16,18). The minimum absolute atomic E-state index is 0.00110. The molecular weight excluding hydrogens is 314 g/mol. The van der Waals surface area contributed by atoms with Crippen molar-refractivity contribution in [3.8, 4) is 0 Å². The smallest absolute Gasteiger partial charge is 0.242 e. The van der Waals surface area contributed by atoms with Crippen LogP contribution in [0.1, 0.15) is 17.7 Å². The van der Waals surface area contributed by atoms with Crippen LogP contribution in [0.5, 0.6) is 0 Å². The molecule has 9 heteroatoms. The molecule has 0 aliphatic carbocycles. The Bertz CT molecular complexity index is 729. The summed E-state index contributed by atoms with van der Waals surface area (Å²) in [5, 5.41) is 6.87. The first-order chi connectivity index (χ1) is 9.90. The number of nitrogens with zero attached hydrogens (tertiary/aromatic N) is 2. The van der Waals surface area contributed by atoms with Gasteiger partial charge in [-0.2, -0.15) is 5.10 Å². The molecule has 0 aliphatic rings. The van der Waals surface area contributed by atoms with Crippen molar-refractivity contribution in [3.05, 3.63) is 34.7 Å². The van der Waals surface area contributed by atoms with Crippen LogP contribution in [-0.2, 0) is 16.4 Å². The molecule has 7 nitrogen and oxygen atoms in total. The third-order valence-electron chi connectivity index (χ3n) is 3.00. The number of aromatic amines is 1. The summed E-state index contributed by atoms with van der Waals surface area (Å²) >= 11 is 5.78. The topological polar surface area (TPSA) is 114 Å². The summed E-state index contributed by atoms with van der Waals surface area (Å²) in [6.07, 6.45) is 4.33. The Hall–Kier alpha value is -1.64. The molecule has 4 N–H and O–H groups in total. The lowest BCUT2D eigenvalue weighted by atomic mass is 10.1. The SMILES string of the molecule is Cc1[nH]ncc1CCCNS(=O)(=O)c1cnc(N)c(Cl)c1. The van der Waals surface area contributed by atoms with Gasteiger partial charge in [0.05, 0.1) is 11.2 Å². The lowest BCUT2D eigenvalue weighted by molar-refractivity contribution is 0.578. The number of halogens is 1. The Kier molecular flexibility index (Phi) is 4.81. The van der Waals surface area contributed by atoms with Crippen LogP contribution in [0.3, 0.4) is 0 Å². The first-order valence-electron chi connectivity index (χ1n) is 6.29. The third kappa shape index (κ3) is 3.93. The average Bonchev–Trinajstić information content (AvgIpc) is 2.83. The number of hydrogen-bond donors (Lipinski definition) is 3. The van der Waals surface area contributed by atoms with Crippen molar-refractivity contribution in [2.45, 2.75) is 24.7 Å². The molecule has 114 valence electrons. The quantitative estimate of drug-likeness (QED) is 0.690. The molecule has 0 saturated carbocycles. The van der Waals surface area contributed by atoms with Crippen LogP contribution >= 0.6 is 11.6 Å². The molecule has 2 heterocycles. The first-order valence-corrected chi connectivity index (χ1v) is 8.16. The number of rotatable bonds is 6. The van der Waals surface area contributed by atoms with Crippen LogP contribution in [0, 0.1) is 6.92 Å². The van der Waals surface area contributed by atoms with E-state index in [-0.39, 0.29) is 15.7 Å². The molecule has 0 amide bonds. The summed E-state index contributed by atoms with van der Waals surface area (Å²) in [5.74, 6) is 0.103. The van der Waals surface area contributed by atoms with E-state index in [1.165, 1.54) is 12.3 Å². The van der Waals surface area contributed by atoms with Crippen molar-refractivity contribution in [2.24, 2.45) is 0 Å². The molecule has 0 atom stereocenters. The molecule has 0 spiro atoms.